The molecule has 1 saturated carbocycles. The Morgan fingerprint density at radius 1 is 1.36 bits per heavy atom. The van der Waals surface area contributed by atoms with Crippen molar-refractivity contribution >= 4 is 5.78 Å². The first-order valence-electron chi connectivity index (χ1n) is 5.84. The predicted molar refractivity (Wildman–Crippen MR) is 59.3 cm³/mol. The van der Waals surface area contributed by atoms with Gasteiger partial charge in [0.2, 0.25) is 0 Å². The molecule has 0 heterocycles. The summed E-state index contributed by atoms with van der Waals surface area (Å²) in [7, 11) is 0. The molecule has 2 heteroatoms. The molecule has 14 heavy (non-hydrogen) atoms. The van der Waals surface area contributed by atoms with Gasteiger partial charge in [-0.2, -0.15) is 0 Å². The molecular weight excluding hydrogens is 174 g/mol. The van der Waals surface area contributed by atoms with Gasteiger partial charge < -0.3 is 0 Å². The van der Waals surface area contributed by atoms with E-state index in [0.717, 1.165) is 12.5 Å². The van der Waals surface area contributed by atoms with E-state index in [4.69, 9.17) is 0 Å². The Kier molecular flexibility index (Phi) is 4.11. The molecule has 1 unspecified atom stereocenters. The third kappa shape index (κ3) is 3.09. The van der Waals surface area contributed by atoms with Gasteiger partial charge in [0, 0.05) is 19.0 Å². The summed E-state index contributed by atoms with van der Waals surface area (Å²) in [5, 5.41) is 0. The molecule has 1 atom stereocenters. The standard InChI is InChI=1S/C12H23NO/c1-5-12(14)10(4)13(9(2)3)8-11-6-7-11/h9-11H,5-8H2,1-4H3. The summed E-state index contributed by atoms with van der Waals surface area (Å²) < 4.78 is 0. The monoisotopic (exact) mass is 197 g/mol. The van der Waals surface area contributed by atoms with Crippen LogP contribution in [0.1, 0.15) is 47.0 Å². The van der Waals surface area contributed by atoms with Gasteiger partial charge in [-0.3, -0.25) is 9.69 Å². The van der Waals surface area contributed by atoms with Gasteiger partial charge in [0.05, 0.1) is 6.04 Å². The minimum Gasteiger partial charge on any atom is -0.298 e. The van der Waals surface area contributed by atoms with Crippen LogP contribution in [0.2, 0.25) is 0 Å². The van der Waals surface area contributed by atoms with Gasteiger partial charge in [0.1, 0.15) is 5.78 Å². The van der Waals surface area contributed by atoms with Gasteiger partial charge in [-0.1, -0.05) is 6.92 Å². The number of hydrogen-bond donors (Lipinski definition) is 0. The first-order valence-corrected chi connectivity index (χ1v) is 5.84. The molecule has 1 fully saturated rings. The van der Waals surface area contributed by atoms with Crippen molar-refractivity contribution in [1.82, 2.24) is 4.90 Å². The van der Waals surface area contributed by atoms with Crippen molar-refractivity contribution in [1.29, 1.82) is 0 Å². The number of carbonyl (C=O) groups is 1. The molecule has 0 N–H and O–H groups in total. The van der Waals surface area contributed by atoms with E-state index < -0.39 is 0 Å². The molecule has 1 rings (SSSR count). The first kappa shape index (κ1) is 11.7. The lowest BCUT2D eigenvalue weighted by atomic mass is 10.1. The van der Waals surface area contributed by atoms with Crippen LogP contribution in [0, 0.1) is 5.92 Å². The van der Waals surface area contributed by atoms with Crippen molar-refractivity contribution in [2.24, 2.45) is 5.92 Å². The second kappa shape index (κ2) is 4.92. The van der Waals surface area contributed by atoms with Crippen molar-refractivity contribution in [3.8, 4) is 0 Å². The molecule has 0 amide bonds. The molecule has 1 aliphatic carbocycles. The molecule has 82 valence electrons. The van der Waals surface area contributed by atoms with Crippen LogP contribution in [0.25, 0.3) is 0 Å². The average Bonchev–Trinajstić information content (AvgIpc) is 2.95. The summed E-state index contributed by atoms with van der Waals surface area (Å²) >= 11 is 0. The van der Waals surface area contributed by atoms with Crippen LogP contribution in [-0.4, -0.2) is 29.3 Å². The number of rotatable bonds is 6. The maximum absolute atomic E-state index is 11.6. The molecule has 1 aliphatic rings. The molecule has 0 aliphatic heterocycles. The SMILES string of the molecule is CCC(=O)C(C)N(CC1CC1)C(C)C. The summed E-state index contributed by atoms with van der Waals surface area (Å²) in [6, 6.07) is 0.599. The molecule has 0 bridgehead atoms. The van der Waals surface area contributed by atoms with Crippen molar-refractivity contribution in [2.45, 2.75) is 59.0 Å². The van der Waals surface area contributed by atoms with E-state index in [2.05, 4.69) is 18.7 Å². The Hall–Kier alpha value is -0.370. The highest BCUT2D eigenvalue weighted by molar-refractivity contribution is 5.83. The molecule has 0 aromatic carbocycles. The van der Waals surface area contributed by atoms with Crippen LogP contribution in [-0.2, 0) is 4.79 Å². The number of nitrogens with zero attached hydrogens (tertiary/aromatic N) is 1. The summed E-state index contributed by atoms with van der Waals surface area (Å²) in [4.78, 5) is 14.0. The molecule has 0 aromatic rings. The van der Waals surface area contributed by atoms with Gasteiger partial charge >= 0.3 is 0 Å². The highest BCUT2D eigenvalue weighted by Crippen LogP contribution is 2.31. The first-order chi connectivity index (χ1) is 6.56. The van der Waals surface area contributed by atoms with Gasteiger partial charge in [-0.05, 0) is 39.5 Å². The second-order valence-electron chi connectivity index (χ2n) is 4.73. The largest absolute Gasteiger partial charge is 0.298 e. The predicted octanol–water partition coefficient (Wildman–Crippen LogP) is 2.47. The number of hydrogen-bond acceptors (Lipinski definition) is 2. The van der Waals surface area contributed by atoms with Crippen LogP contribution in [0.3, 0.4) is 0 Å². The minimum atomic E-state index is 0.112. The van der Waals surface area contributed by atoms with E-state index >= 15 is 0 Å². The zero-order valence-electron chi connectivity index (χ0n) is 9.92. The van der Waals surface area contributed by atoms with E-state index in [-0.39, 0.29) is 6.04 Å². The normalized spacial score (nSPS) is 19.0. The Bertz CT molecular complexity index is 196. The fourth-order valence-corrected chi connectivity index (χ4v) is 1.90. The van der Waals surface area contributed by atoms with Crippen LogP contribution in [0.4, 0.5) is 0 Å². The lowest BCUT2D eigenvalue weighted by Crippen LogP contribution is -2.44. The Balaban J connectivity index is 2.50. The van der Waals surface area contributed by atoms with Crippen LogP contribution in [0.15, 0.2) is 0 Å². The summed E-state index contributed by atoms with van der Waals surface area (Å²) in [5.41, 5.74) is 0. The fraction of sp³-hybridized carbons (Fsp3) is 0.917. The zero-order chi connectivity index (χ0) is 10.7. The van der Waals surface area contributed by atoms with E-state index in [1.54, 1.807) is 0 Å². The Morgan fingerprint density at radius 2 is 1.93 bits per heavy atom. The van der Waals surface area contributed by atoms with Gasteiger partial charge in [-0.25, -0.2) is 0 Å². The van der Waals surface area contributed by atoms with Gasteiger partial charge in [-0.15, -0.1) is 0 Å². The minimum absolute atomic E-state index is 0.112. The summed E-state index contributed by atoms with van der Waals surface area (Å²) in [6.07, 6.45) is 3.38. The highest BCUT2D eigenvalue weighted by Gasteiger charge is 2.29. The third-order valence-electron chi connectivity index (χ3n) is 3.14. The van der Waals surface area contributed by atoms with Crippen molar-refractivity contribution in [3.63, 3.8) is 0 Å². The van der Waals surface area contributed by atoms with Crippen LogP contribution in [0.5, 0.6) is 0 Å². The molecule has 2 nitrogen and oxygen atoms in total. The van der Waals surface area contributed by atoms with Crippen molar-refractivity contribution in [2.75, 3.05) is 6.54 Å². The Morgan fingerprint density at radius 3 is 2.29 bits per heavy atom. The smallest absolute Gasteiger partial charge is 0.149 e. The van der Waals surface area contributed by atoms with E-state index in [1.807, 2.05) is 13.8 Å². The molecule has 0 aromatic heterocycles. The van der Waals surface area contributed by atoms with Crippen LogP contribution >= 0.6 is 0 Å². The summed E-state index contributed by atoms with van der Waals surface area (Å²) in [6.45, 7) is 9.48. The van der Waals surface area contributed by atoms with E-state index in [9.17, 15) is 4.79 Å². The average molecular weight is 197 g/mol. The molecule has 0 radical (unpaired) electrons. The Labute approximate surface area is 87.7 Å². The molecular formula is C12H23NO. The topological polar surface area (TPSA) is 20.3 Å². The lowest BCUT2D eigenvalue weighted by Gasteiger charge is -2.31. The second-order valence-corrected chi connectivity index (χ2v) is 4.73. The van der Waals surface area contributed by atoms with Crippen molar-refractivity contribution < 1.29 is 4.79 Å². The zero-order valence-corrected chi connectivity index (χ0v) is 9.92. The van der Waals surface area contributed by atoms with E-state index in [0.29, 0.717) is 18.2 Å². The maximum Gasteiger partial charge on any atom is 0.149 e. The van der Waals surface area contributed by atoms with Gasteiger partial charge in [0.25, 0.3) is 0 Å². The number of ketones is 1. The lowest BCUT2D eigenvalue weighted by molar-refractivity contribution is -0.124. The molecule has 0 saturated heterocycles. The molecule has 0 spiro atoms. The van der Waals surface area contributed by atoms with Crippen LogP contribution < -0.4 is 0 Å². The maximum atomic E-state index is 11.6. The fourth-order valence-electron chi connectivity index (χ4n) is 1.90. The number of carbonyl (C=O) groups excluding carboxylic acids is 1. The number of Topliss-reactive ketones (excluding diaryl/α,β-unsaturated/α-hetero) is 1. The third-order valence-corrected chi connectivity index (χ3v) is 3.14. The quantitative estimate of drug-likeness (QED) is 0.652. The van der Waals surface area contributed by atoms with Gasteiger partial charge in [0.15, 0.2) is 0 Å². The van der Waals surface area contributed by atoms with E-state index in [1.165, 1.54) is 12.8 Å². The van der Waals surface area contributed by atoms with Crippen molar-refractivity contribution in [3.05, 3.63) is 0 Å². The summed E-state index contributed by atoms with van der Waals surface area (Å²) in [5.74, 6) is 1.24. The highest BCUT2D eigenvalue weighted by atomic mass is 16.1.